The minimum absolute atomic E-state index is 0.273. The number of nitrogens with one attached hydrogen (secondary N) is 1. The lowest BCUT2D eigenvalue weighted by molar-refractivity contribution is 0.278. The van der Waals surface area contributed by atoms with Crippen LogP contribution >= 0.6 is 0 Å². The lowest BCUT2D eigenvalue weighted by Gasteiger charge is -2.20. The van der Waals surface area contributed by atoms with Crippen LogP contribution in [0.2, 0.25) is 0 Å². The summed E-state index contributed by atoms with van der Waals surface area (Å²) in [6.45, 7) is 7.78. The second-order valence-electron chi connectivity index (χ2n) is 4.96. The summed E-state index contributed by atoms with van der Waals surface area (Å²) in [5, 5.41) is 9.75. The van der Waals surface area contributed by atoms with Crippen LogP contribution in [-0.2, 0) is 6.42 Å². The highest BCUT2D eigenvalue weighted by Gasteiger charge is 2.09. The van der Waals surface area contributed by atoms with Crippen molar-refractivity contribution in [1.82, 2.24) is 14.9 Å². The number of aromatic nitrogens is 2. The third kappa shape index (κ3) is 3.26. The lowest BCUT2D eigenvalue weighted by Crippen LogP contribution is -2.27. The largest absolute Gasteiger partial charge is 0.506 e. The first-order valence-corrected chi connectivity index (χ1v) is 7.12. The third-order valence-electron chi connectivity index (χ3n) is 3.42. The lowest BCUT2D eigenvalue weighted by atomic mass is 10.1. The zero-order valence-electron chi connectivity index (χ0n) is 11.8. The number of phenols is 1. The number of nitrogens with zero attached hydrogens (tertiary/aromatic N) is 2. The van der Waals surface area contributed by atoms with Crippen molar-refractivity contribution in [3.63, 3.8) is 0 Å². The molecule has 0 bridgehead atoms. The van der Waals surface area contributed by atoms with E-state index in [1.54, 1.807) is 12.4 Å². The van der Waals surface area contributed by atoms with Crippen molar-refractivity contribution in [1.29, 1.82) is 0 Å². The number of hydrogen-bond acceptors (Lipinski definition) is 3. The quantitative estimate of drug-likeness (QED) is 0.805. The predicted octanol–water partition coefficient (Wildman–Crippen LogP) is 2.93. The monoisotopic (exact) mass is 261 g/mol. The average molecular weight is 261 g/mol. The van der Waals surface area contributed by atoms with E-state index in [1.807, 2.05) is 6.07 Å². The van der Waals surface area contributed by atoms with E-state index in [-0.39, 0.29) is 5.75 Å². The normalized spacial score (nSPS) is 11.5. The molecule has 2 N–H and O–H groups in total. The Morgan fingerprint density at radius 2 is 1.89 bits per heavy atom. The molecule has 0 fully saturated rings. The van der Waals surface area contributed by atoms with Gasteiger partial charge in [-0.15, -0.1) is 0 Å². The number of H-pyrrole nitrogens is 1. The molecule has 0 atom stereocenters. The van der Waals surface area contributed by atoms with Gasteiger partial charge >= 0.3 is 0 Å². The number of benzene rings is 1. The number of hydrogen-bond donors (Lipinski definition) is 2. The van der Waals surface area contributed by atoms with Crippen LogP contribution in [0.1, 0.15) is 32.3 Å². The van der Waals surface area contributed by atoms with Crippen molar-refractivity contribution in [2.75, 3.05) is 19.6 Å². The number of aromatic amines is 1. The fourth-order valence-electron chi connectivity index (χ4n) is 2.52. The standard InChI is InChI=1S/C15H23N3O/c1-3-8-18(9-4-2)10-7-12-5-6-13(19)15-14(12)16-11-17-15/h5-6,11,19H,3-4,7-10H2,1-2H3,(H,16,17). The highest BCUT2D eigenvalue weighted by Crippen LogP contribution is 2.24. The minimum Gasteiger partial charge on any atom is -0.506 e. The summed E-state index contributed by atoms with van der Waals surface area (Å²) in [6, 6.07) is 3.73. The zero-order valence-corrected chi connectivity index (χ0v) is 11.8. The van der Waals surface area contributed by atoms with Gasteiger partial charge in [0, 0.05) is 6.54 Å². The summed E-state index contributed by atoms with van der Waals surface area (Å²) < 4.78 is 0. The molecule has 0 spiro atoms. The predicted molar refractivity (Wildman–Crippen MR) is 78.5 cm³/mol. The van der Waals surface area contributed by atoms with Crippen LogP contribution in [0.4, 0.5) is 0 Å². The number of phenolic OH excluding ortho intramolecular Hbond substituents is 1. The van der Waals surface area contributed by atoms with E-state index in [9.17, 15) is 5.11 Å². The molecule has 0 amide bonds. The third-order valence-corrected chi connectivity index (χ3v) is 3.42. The second-order valence-corrected chi connectivity index (χ2v) is 4.96. The summed E-state index contributed by atoms with van der Waals surface area (Å²) in [5.41, 5.74) is 2.84. The van der Waals surface area contributed by atoms with Gasteiger partial charge in [0.2, 0.25) is 0 Å². The summed E-state index contributed by atoms with van der Waals surface area (Å²) in [6.07, 6.45) is 4.99. The molecule has 0 saturated heterocycles. The molecule has 0 aliphatic heterocycles. The molecular weight excluding hydrogens is 238 g/mol. The van der Waals surface area contributed by atoms with Gasteiger partial charge < -0.3 is 15.0 Å². The fourth-order valence-corrected chi connectivity index (χ4v) is 2.52. The van der Waals surface area contributed by atoms with Crippen molar-refractivity contribution in [3.05, 3.63) is 24.0 Å². The van der Waals surface area contributed by atoms with Crippen molar-refractivity contribution in [3.8, 4) is 5.75 Å². The molecule has 1 aromatic heterocycles. The maximum Gasteiger partial charge on any atom is 0.141 e. The van der Waals surface area contributed by atoms with Gasteiger partial charge in [0.1, 0.15) is 11.3 Å². The number of imidazole rings is 1. The maximum atomic E-state index is 9.75. The molecule has 2 aromatic rings. The van der Waals surface area contributed by atoms with Gasteiger partial charge in [-0.05, 0) is 44.0 Å². The number of fused-ring (bicyclic) bond motifs is 1. The molecule has 19 heavy (non-hydrogen) atoms. The van der Waals surface area contributed by atoms with Crippen LogP contribution in [0.5, 0.6) is 5.75 Å². The highest BCUT2D eigenvalue weighted by molar-refractivity contribution is 5.84. The Labute approximate surface area is 114 Å². The molecule has 1 aromatic carbocycles. The molecule has 0 aliphatic carbocycles. The van der Waals surface area contributed by atoms with Gasteiger partial charge in [0.15, 0.2) is 0 Å². The van der Waals surface area contributed by atoms with Gasteiger partial charge in [-0.25, -0.2) is 4.98 Å². The molecule has 2 rings (SSSR count). The van der Waals surface area contributed by atoms with Crippen LogP contribution in [-0.4, -0.2) is 39.6 Å². The summed E-state index contributed by atoms with van der Waals surface area (Å²) in [5.74, 6) is 0.273. The molecule has 4 nitrogen and oxygen atoms in total. The van der Waals surface area contributed by atoms with E-state index in [2.05, 4.69) is 28.7 Å². The Morgan fingerprint density at radius 3 is 2.58 bits per heavy atom. The van der Waals surface area contributed by atoms with Gasteiger partial charge in [0.25, 0.3) is 0 Å². The zero-order chi connectivity index (χ0) is 13.7. The molecule has 0 radical (unpaired) electrons. The van der Waals surface area contributed by atoms with Crippen LogP contribution < -0.4 is 0 Å². The molecule has 0 aliphatic rings. The first kappa shape index (κ1) is 13.9. The summed E-state index contributed by atoms with van der Waals surface area (Å²) >= 11 is 0. The van der Waals surface area contributed by atoms with Crippen LogP contribution in [0.3, 0.4) is 0 Å². The molecule has 0 saturated carbocycles. The van der Waals surface area contributed by atoms with E-state index in [0.29, 0.717) is 0 Å². The Bertz CT molecular complexity index is 515. The minimum atomic E-state index is 0.273. The Balaban J connectivity index is 2.08. The highest BCUT2D eigenvalue weighted by atomic mass is 16.3. The Hall–Kier alpha value is -1.55. The summed E-state index contributed by atoms with van der Waals surface area (Å²) in [7, 11) is 0. The van der Waals surface area contributed by atoms with Crippen LogP contribution in [0, 0.1) is 0 Å². The SMILES string of the molecule is CCCN(CCC)CCc1ccc(O)c2[nH]cnc12. The van der Waals surface area contributed by atoms with Gasteiger partial charge in [-0.2, -0.15) is 0 Å². The van der Waals surface area contributed by atoms with Crippen LogP contribution in [0.15, 0.2) is 18.5 Å². The van der Waals surface area contributed by atoms with Gasteiger partial charge in [-0.3, -0.25) is 0 Å². The summed E-state index contributed by atoms with van der Waals surface area (Å²) in [4.78, 5) is 9.80. The smallest absolute Gasteiger partial charge is 0.141 e. The van der Waals surface area contributed by atoms with E-state index in [4.69, 9.17) is 0 Å². The molecule has 4 heteroatoms. The molecule has 1 heterocycles. The van der Waals surface area contributed by atoms with Crippen LogP contribution in [0.25, 0.3) is 11.0 Å². The van der Waals surface area contributed by atoms with Gasteiger partial charge in [0.05, 0.1) is 11.8 Å². The van der Waals surface area contributed by atoms with E-state index < -0.39 is 0 Å². The fraction of sp³-hybridized carbons (Fsp3) is 0.533. The number of aromatic hydroxyl groups is 1. The first-order chi connectivity index (χ1) is 9.26. The molecule has 0 unspecified atom stereocenters. The Morgan fingerprint density at radius 1 is 1.16 bits per heavy atom. The topological polar surface area (TPSA) is 52.1 Å². The van der Waals surface area contributed by atoms with E-state index >= 15 is 0 Å². The van der Waals surface area contributed by atoms with E-state index in [1.165, 1.54) is 18.4 Å². The molecular formula is C15H23N3O. The number of rotatable bonds is 7. The first-order valence-electron chi connectivity index (χ1n) is 7.12. The van der Waals surface area contributed by atoms with Gasteiger partial charge in [-0.1, -0.05) is 19.9 Å². The van der Waals surface area contributed by atoms with Crippen molar-refractivity contribution in [2.45, 2.75) is 33.1 Å². The van der Waals surface area contributed by atoms with Crippen molar-refractivity contribution < 1.29 is 5.11 Å². The maximum absolute atomic E-state index is 9.75. The van der Waals surface area contributed by atoms with E-state index in [0.717, 1.165) is 37.1 Å². The van der Waals surface area contributed by atoms with Crippen molar-refractivity contribution >= 4 is 11.0 Å². The molecule has 104 valence electrons. The second kappa shape index (κ2) is 6.57. The van der Waals surface area contributed by atoms with Crippen molar-refractivity contribution in [2.24, 2.45) is 0 Å². The average Bonchev–Trinajstić information content (AvgIpc) is 2.88. The Kier molecular flexibility index (Phi) is 4.80.